The van der Waals surface area contributed by atoms with Crippen molar-refractivity contribution in [1.82, 2.24) is 0 Å². The van der Waals surface area contributed by atoms with Crippen molar-refractivity contribution in [2.24, 2.45) is 0 Å². The van der Waals surface area contributed by atoms with Crippen molar-refractivity contribution in [3.05, 3.63) is 53.6 Å². The molecule has 0 aromatic heterocycles. The Labute approximate surface area is 150 Å². The molecule has 0 bridgehead atoms. The summed E-state index contributed by atoms with van der Waals surface area (Å²) in [5.41, 5.74) is 4.18. The van der Waals surface area contributed by atoms with E-state index < -0.39 is 0 Å². The third-order valence-electron chi connectivity index (χ3n) is 4.18. The van der Waals surface area contributed by atoms with Crippen LogP contribution in [-0.2, 0) is 4.79 Å². The number of methoxy groups -OCH3 is 1. The monoisotopic (exact) mass is 340 g/mol. The average molecular weight is 340 g/mol. The second-order valence-corrected chi connectivity index (χ2v) is 6.75. The number of hydrogen-bond acceptors (Lipinski definition) is 3. The molecule has 2 rings (SSSR count). The van der Waals surface area contributed by atoms with Gasteiger partial charge in [-0.1, -0.05) is 45.9 Å². The Morgan fingerprint density at radius 1 is 0.960 bits per heavy atom. The Bertz CT molecular complexity index is 680. The zero-order chi connectivity index (χ0) is 18.4. The largest absolute Gasteiger partial charge is 0.497 e. The number of carbonyl (C=O) groups is 1. The van der Waals surface area contributed by atoms with Gasteiger partial charge in [0.1, 0.15) is 5.75 Å². The second-order valence-electron chi connectivity index (χ2n) is 6.75. The Morgan fingerprint density at radius 2 is 1.52 bits per heavy atom. The Balaban J connectivity index is 2.08. The normalized spacial score (nSPS) is 10.8. The predicted molar refractivity (Wildman–Crippen MR) is 105 cm³/mol. The third kappa shape index (κ3) is 4.99. The molecule has 2 N–H and O–H groups in total. The average Bonchev–Trinajstić information content (AvgIpc) is 2.60. The van der Waals surface area contributed by atoms with Crippen LogP contribution in [0, 0.1) is 0 Å². The molecule has 0 heterocycles. The summed E-state index contributed by atoms with van der Waals surface area (Å²) >= 11 is 0. The van der Waals surface area contributed by atoms with E-state index in [-0.39, 0.29) is 12.5 Å². The van der Waals surface area contributed by atoms with Gasteiger partial charge in [-0.05, 0) is 47.2 Å². The molecule has 0 aliphatic rings. The lowest BCUT2D eigenvalue weighted by atomic mass is 9.92. The van der Waals surface area contributed by atoms with Crippen molar-refractivity contribution in [1.29, 1.82) is 0 Å². The molecule has 0 unspecified atom stereocenters. The van der Waals surface area contributed by atoms with E-state index in [9.17, 15) is 4.79 Å². The molecule has 0 fully saturated rings. The zero-order valence-corrected chi connectivity index (χ0v) is 15.7. The minimum Gasteiger partial charge on any atom is -0.497 e. The predicted octanol–water partition coefficient (Wildman–Crippen LogP) is 4.99. The Kier molecular flexibility index (Phi) is 6.45. The fraction of sp³-hybridized carbons (Fsp3) is 0.381. The van der Waals surface area contributed by atoms with E-state index in [2.05, 4.69) is 56.5 Å². The molecule has 0 spiro atoms. The van der Waals surface area contributed by atoms with E-state index in [4.69, 9.17) is 4.74 Å². The van der Waals surface area contributed by atoms with Crippen LogP contribution >= 0.6 is 0 Å². The first-order chi connectivity index (χ1) is 11.9. The molecule has 0 saturated carbocycles. The van der Waals surface area contributed by atoms with Gasteiger partial charge in [-0.3, -0.25) is 4.79 Å². The van der Waals surface area contributed by atoms with Gasteiger partial charge in [0.05, 0.1) is 13.7 Å². The van der Waals surface area contributed by atoms with Crippen molar-refractivity contribution >= 4 is 17.3 Å². The van der Waals surface area contributed by atoms with E-state index in [0.717, 1.165) is 17.1 Å². The van der Waals surface area contributed by atoms with Crippen molar-refractivity contribution in [2.75, 3.05) is 24.3 Å². The SMILES string of the molecule is COc1ccc(NCC(=O)Nc2c(C(C)C)cccc2C(C)C)cc1. The van der Waals surface area contributed by atoms with Crippen LogP contribution in [0.4, 0.5) is 11.4 Å². The number of nitrogens with one attached hydrogen (secondary N) is 2. The first kappa shape index (κ1) is 18.8. The number of para-hydroxylation sites is 1. The van der Waals surface area contributed by atoms with Crippen LogP contribution in [0.15, 0.2) is 42.5 Å². The molecule has 0 saturated heterocycles. The lowest BCUT2D eigenvalue weighted by Crippen LogP contribution is -2.23. The third-order valence-corrected chi connectivity index (χ3v) is 4.18. The first-order valence-corrected chi connectivity index (χ1v) is 8.73. The molecule has 134 valence electrons. The number of anilines is 2. The maximum absolute atomic E-state index is 12.5. The van der Waals surface area contributed by atoms with Crippen molar-refractivity contribution < 1.29 is 9.53 Å². The van der Waals surface area contributed by atoms with E-state index in [1.54, 1.807) is 7.11 Å². The van der Waals surface area contributed by atoms with Crippen molar-refractivity contribution in [3.63, 3.8) is 0 Å². The lowest BCUT2D eigenvalue weighted by molar-refractivity contribution is -0.114. The van der Waals surface area contributed by atoms with Crippen LogP contribution in [0.3, 0.4) is 0 Å². The van der Waals surface area contributed by atoms with Crippen LogP contribution in [0.25, 0.3) is 0 Å². The number of hydrogen-bond donors (Lipinski definition) is 2. The first-order valence-electron chi connectivity index (χ1n) is 8.73. The molecule has 0 radical (unpaired) electrons. The summed E-state index contributed by atoms with van der Waals surface area (Å²) in [6.45, 7) is 8.79. The summed E-state index contributed by atoms with van der Waals surface area (Å²) in [6.07, 6.45) is 0. The molecule has 25 heavy (non-hydrogen) atoms. The van der Waals surface area contributed by atoms with Crippen LogP contribution in [0.2, 0.25) is 0 Å². The Morgan fingerprint density at radius 3 is 2.00 bits per heavy atom. The van der Waals surface area contributed by atoms with Gasteiger partial charge < -0.3 is 15.4 Å². The highest BCUT2D eigenvalue weighted by atomic mass is 16.5. The fourth-order valence-corrected chi connectivity index (χ4v) is 2.77. The molecule has 2 aromatic rings. The molecule has 0 atom stereocenters. The van der Waals surface area contributed by atoms with Gasteiger partial charge in [0.2, 0.25) is 5.91 Å². The highest BCUT2D eigenvalue weighted by molar-refractivity contribution is 5.95. The minimum atomic E-state index is -0.0502. The van der Waals surface area contributed by atoms with Crippen LogP contribution in [0.5, 0.6) is 5.75 Å². The smallest absolute Gasteiger partial charge is 0.243 e. The van der Waals surface area contributed by atoms with Gasteiger partial charge >= 0.3 is 0 Å². The van der Waals surface area contributed by atoms with E-state index in [1.807, 2.05) is 24.3 Å². The summed E-state index contributed by atoms with van der Waals surface area (Å²) in [5.74, 6) is 1.44. The highest BCUT2D eigenvalue weighted by Crippen LogP contribution is 2.32. The van der Waals surface area contributed by atoms with Gasteiger partial charge in [-0.25, -0.2) is 0 Å². The molecular weight excluding hydrogens is 312 g/mol. The fourth-order valence-electron chi connectivity index (χ4n) is 2.77. The lowest BCUT2D eigenvalue weighted by Gasteiger charge is -2.20. The van der Waals surface area contributed by atoms with Crippen LogP contribution in [0.1, 0.15) is 50.7 Å². The maximum Gasteiger partial charge on any atom is 0.243 e. The summed E-state index contributed by atoms with van der Waals surface area (Å²) in [7, 11) is 1.63. The number of carbonyl (C=O) groups excluding carboxylic acids is 1. The summed E-state index contributed by atoms with van der Waals surface area (Å²) < 4.78 is 5.14. The molecule has 1 amide bonds. The second kappa shape index (κ2) is 8.56. The summed E-state index contributed by atoms with van der Waals surface area (Å²) in [4.78, 5) is 12.5. The van der Waals surface area contributed by atoms with E-state index in [1.165, 1.54) is 11.1 Å². The molecule has 0 aliphatic carbocycles. The molecule has 2 aromatic carbocycles. The molecular formula is C21H28N2O2. The van der Waals surface area contributed by atoms with E-state index in [0.29, 0.717) is 11.8 Å². The van der Waals surface area contributed by atoms with Crippen LogP contribution in [-0.4, -0.2) is 19.6 Å². The standard InChI is InChI=1S/C21H28N2O2/c1-14(2)18-7-6-8-19(15(3)4)21(18)23-20(24)13-22-16-9-11-17(25-5)12-10-16/h6-12,14-15,22H,13H2,1-5H3,(H,23,24). The number of benzene rings is 2. The minimum absolute atomic E-state index is 0.0502. The number of rotatable bonds is 7. The summed E-state index contributed by atoms with van der Waals surface area (Å²) in [5, 5.41) is 6.25. The van der Waals surface area contributed by atoms with Gasteiger partial charge in [0, 0.05) is 11.4 Å². The summed E-state index contributed by atoms with van der Waals surface area (Å²) in [6, 6.07) is 13.8. The van der Waals surface area contributed by atoms with Crippen molar-refractivity contribution in [2.45, 2.75) is 39.5 Å². The Hall–Kier alpha value is -2.49. The topological polar surface area (TPSA) is 50.4 Å². The molecule has 0 aliphatic heterocycles. The quantitative estimate of drug-likeness (QED) is 0.746. The maximum atomic E-state index is 12.5. The zero-order valence-electron chi connectivity index (χ0n) is 15.7. The van der Waals surface area contributed by atoms with Crippen LogP contribution < -0.4 is 15.4 Å². The van der Waals surface area contributed by atoms with Gasteiger partial charge in [0.25, 0.3) is 0 Å². The van der Waals surface area contributed by atoms with Gasteiger partial charge in [-0.2, -0.15) is 0 Å². The van der Waals surface area contributed by atoms with Gasteiger partial charge in [-0.15, -0.1) is 0 Å². The number of amides is 1. The van der Waals surface area contributed by atoms with Crippen molar-refractivity contribution in [3.8, 4) is 5.75 Å². The highest BCUT2D eigenvalue weighted by Gasteiger charge is 2.15. The number of ether oxygens (including phenoxy) is 1. The van der Waals surface area contributed by atoms with E-state index >= 15 is 0 Å². The van der Waals surface area contributed by atoms with Gasteiger partial charge in [0.15, 0.2) is 0 Å². The molecule has 4 nitrogen and oxygen atoms in total. The molecule has 4 heteroatoms.